The molecule has 2 N–H and O–H groups in total. The number of hydrogen-bond acceptors (Lipinski definition) is 4. The van der Waals surface area contributed by atoms with E-state index in [0.717, 1.165) is 0 Å². The van der Waals surface area contributed by atoms with Crippen molar-refractivity contribution in [1.29, 1.82) is 0 Å². The van der Waals surface area contributed by atoms with Crippen LogP contribution < -0.4 is 5.32 Å². The number of amides is 1. The van der Waals surface area contributed by atoms with Crippen molar-refractivity contribution in [2.75, 3.05) is 5.32 Å². The van der Waals surface area contributed by atoms with Crippen molar-refractivity contribution in [3.8, 4) is 0 Å². The highest BCUT2D eigenvalue weighted by molar-refractivity contribution is 6.06. The molecule has 0 aliphatic carbocycles. The molecule has 2 aromatic rings. The number of anilines is 1. The van der Waals surface area contributed by atoms with Crippen molar-refractivity contribution in [3.05, 3.63) is 51.3 Å². The van der Waals surface area contributed by atoms with Gasteiger partial charge in [0.25, 0.3) is 11.6 Å². The van der Waals surface area contributed by atoms with Crippen molar-refractivity contribution in [1.82, 2.24) is 10.2 Å². The summed E-state index contributed by atoms with van der Waals surface area (Å²) in [6, 6.07) is 5.99. The number of nitro benzene ring substituents is 1. The third-order valence-electron chi connectivity index (χ3n) is 2.70. The summed E-state index contributed by atoms with van der Waals surface area (Å²) in [6.45, 7) is 3.41. The highest BCUT2D eigenvalue weighted by Gasteiger charge is 2.19. The van der Waals surface area contributed by atoms with E-state index in [2.05, 4.69) is 15.5 Å². The molecule has 0 aliphatic heterocycles. The third kappa shape index (κ3) is 2.44. The first-order chi connectivity index (χ1) is 9.00. The van der Waals surface area contributed by atoms with Crippen LogP contribution in [0.2, 0.25) is 0 Å². The van der Waals surface area contributed by atoms with Crippen LogP contribution in [0.15, 0.2) is 24.3 Å². The first-order valence-electron chi connectivity index (χ1n) is 5.57. The molecule has 0 fully saturated rings. The predicted molar refractivity (Wildman–Crippen MR) is 69.1 cm³/mol. The molecule has 0 unspecified atom stereocenters. The largest absolute Gasteiger partial charge is 0.316 e. The lowest BCUT2D eigenvalue weighted by Crippen LogP contribution is -2.14. The molecule has 7 nitrogen and oxygen atoms in total. The molecule has 0 aliphatic rings. The van der Waals surface area contributed by atoms with Gasteiger partial charge in [-0.25, -0.2) is 0 Å². The number of carbonyl (C=O) groups excluding carboxylic acids is 1. The number of H-pyrrole nitrogens is 1. The standard InChI is InChI=1S/C12H12N4O3/c1-7-11(8(2)15-14-7)12(17)13-9-5-3-4-6-10(9)16(18)19/h3-6H,1-2H3,(H,13,17)(H,14,15). The molecule has 0 bridgehead atoms. The van der Waals surface area contributed by atoms with Crippen molar-refractivity contribution in [3.63, 3.8) is 0 Å². The fourth-order valence-electron chi connectivity index (χ4n) is 1.81. The maximum Gasteiger partial charge on any atom is 0.292 e. The molecule has 0 saturated carbocycles. The van der Waals surface area contributed by atoms with Crippen LogP contribution in [0.25, 0.3) is 0 Å². The number of nitrogens with zero attached hydrogens (tertiary/aromatic N) is 2. The molecule has 0 saturated heterocycles. The molecule has 0 atom stereocenters. The van der Waals surface area contributed by atoms with Crippen LogP contribution in [0.5, 0.6) is 0 Å². The van der Waals surface area contributed by atoms with E-state index < -0.39 is 10.8 Å². The Bertz CT molecular complexity index is 629. The minimum absolute atomic E-state index is 0.144. The lowest BCUT2D eigenvalue weighted by atomic mass is 10.1. The number of benzene rings is 1. The molecule has 1 heterocycles. The zero-order chi connectivity index (χ0) is 14.0. The molecular formula is C12H12N4O3. The summed E-state index contributed by atoms with van der Waals surface area (Å²) in [7, 11) is 0. The molecule has 1 aromatic heterocycles. The quantitative estimate of drug-likeness (QED) is 0.652. The number of aromatic nitrogens is 2. The maximum absolute atomic E-state index is 12.1. The van der Waals surface area contributed by atoms with E-state index in [0.29, 0.717) is 17.0 Å². The second kappa shape index (κ2) is 4.89. The summed E-state index contributed by atoms with van der Waals surface area (Å²) in [4.78, 5) is 22.4. The summed E-state index contributed by atoms with van der Waals surface area (Å²) in [5.74, 6) is -0.418. The maximum atomic E-state index is 12.1. The Hall–Kier alpha value is -2.70. The van der Waals surface area contributed by atoms with Gasteiger partial charge in [-0.2, -0.15) is 5.10 Å². The zero-order valence-electron chi connectivity index (χ0n) is 10.4. The van der Waals surface area contributed by atoms with Gasteiger partial charge >= 0.3 is 0 Å². The highest BCUT2D eigenvalue weighted by atomic mass is 16.6. The van der Waals surface area contributed by atoms with Crippen LogP contribution in [0.3, 0.4) is 0 Å². The van der Waals surface area contributed by atoms with E-state index in [1.54, 1.807) is 26.0 Å². The Balaban J connectivity index is 2.32. The Kier molecular flexibility index (Phi) is 3.28. The molecule has 1 amide bonds. The molecule has 19 heavy (non-hydrogen) atoms. The molecule has 2 rings (SSSR count). The van der Waals surface area contributed by atoms with E-state index in [1.165, 1.54) is 12.1 Å². The van der Waals surface area contributed by atoms with Crippen LogP contribution in [-0.4, -0.2) is 21.0 Å². The van der Waals surface area contributed by atoms with Gasteiger partial charge in [0.05, 0.1) is 16.2 Å². The smallest absolute Gasteiger partial charge is 0.292 e. The monoisotopic (exact) mass is 260 g/mol. The summed E-state index contributed by atoms with van der Waals surface area (Å²) < 4.78 is 0. The van der Waals surface area contributed by atoms with Gasteiger partial charge in [0.2, 0.25) is 0 Å². The average molecular weight is 260 g/mol. The molecule has 0 radical (unpaired) electrons. The van der Waals surface area contributed by atoms with Crippen LogP contribution in [0.1, 0.15) is 21.7 Å². The van der Waals surface area contributed by atoms with Gasteiger partial charge in [0, 0.05) is 11.8 Å². The average Bonchev–Trinajstić information content (AvgIpc) is 2.69. The Labute approximate surface area is 108 Å². The topological polar surface area (TPSA) is 101 Å². The number of carbonyl (C=O) groups is 1. The van der Waals surface area contributed by atoms with Crippen LogP contribution in [0.4, 0.5) is 11.4 Å². The molecular weight excluding hydrogens is 248 g/mol. The van der Waals surface area contributed by atoms with E-state index in [4.69, 9.17) is 0 Å². The molecule has 0 spiro atoms. The number of rotatable bonds is 3. The van der Waals surface area contributed by atoms with Crippen LogP contribution in [-0.2, 0) is 0 Å². The van der Waals surface area contributed by atoms with Gasteiger partial charge in [-0.1, -0.05) is 12.1 Å². The number of para-hydroxylation sites is 2. The number of aryl methyl sites for hydroxylation is 2. The Morgan fingerprint density at radius 2 is 2.05 bits per heavy atom. The number of aromatic amines is 1. The predicted octanol–water partition coefficient (Wildman–Crippen LogP) is 2.19. The van der Waals surface area contributed by atoms with Gasteiger partial charge in [-0.3, -0.25) is 20.0 Å². The highest BCUT2D eigenvalue weighted by Crippen LogP contribution is 2.24. The van der Waals surface area contributed by atoms with Crippen molar-refractivity contribution in [2.45, 2.75) is 13.8 Å². The van der Waals surface area contributed by atoms with Crippen molar-refractivity contribution >= 4 is 17.3 Å². The Morgan fingerprint density at radius 1 is 1.37 bits per heavy atom. The van der Waals surface area contributed by atoms with E-state index >= 15 is 0 Å². The van der Waals surface area contributed by atoms with Gasteiger partial charge in [0.1, 0.15) is 5.69 Å². The minimum atomic E-state index is -0.537. The second-order valence-corrected chi connectivity index (χ2v) is 4.04. The molecule has 1 aromatic carbocycles. The first-order valence-corrected chi connectivity index (χ1v) is 5.57. The fraction of sp³-hybridized carbons (Fsp3) is 0.167. The zero-order valence-corrected chi connectivity index (χ0v) is 10.4. The van der Waals surface area contributed by atoms with Gasteiger partial charge < -0.3 is 5.32 Å². The van der Waals surface area contributed by atoms with E-state index in [1.807, 2.05) is 0 Å². The van der Waals surface area contributed by atoms with Crippen LogP contribution >= 0.6 is 0 Å². The second-order valence-electron chi connectivity index (χ2n) is 4.04. The van der Waals surface area contributed by atoms with Crippen molar-refractivity contribution < 1.29 is 9.72 Å². The van der Waals surface area contributed by atoms with Crippen LogP contribution in [0, 0.1) is 24.0 Å². The number of hydrogen-bond donors (Lipinski definition) is 2. The fourth-order valence-corrected chi connectivity index (χ4v) is 1.81. The molecule has 7 heteroatoms. The van der Waals surface area contributed by atoms with Gasteiger partial charge in [-0.15, -0.1) is 0 Å². The lowest BCUT2D eigenvalue weighted by Gasteiger charge is -2.05. The normalized spacial score (nSPS) is 10.2. The summed E-state index contributed by atoms with van der Waals surface area (Å²) in [6.07, 6.45) is 0. The summed E-state index contributed by atoms with van der Waals surface area (Å²) in [5, 5.41) is 20.0. The number of nitrogens with one attached hydrogen (secondary N) is 2. The third-order valence-corrected chi connectivity index (χ3v) is 2.70. The first kappa shape index (κ1) is 12.7. The van der Waals surface area contributed by atoms with Gasteiger partial charge in [-0.05, 0) is 19.9 Å². The molecule has 98 valence electrons. The van der Waals surface area contributed by atoms with Crippen molar-refractivity contribution in [2.24, 2.45) is 0 Å². The van der Waals surface area contributed by atoms with Gasteiger partial charge in [0.15, 0.2) is 0 Å². The SMILES string of the molecule is Cc1n[nH]c(C)c1C(=O)Nc1ccccc1[N+](=O)[O-]. The minimum Gasteiger partial charge on any atom is -0.316 e. The van der Waals surface area contributed by atoms with E-state index in [9.17, 15) is 14.9 Å². The summed E-state index contributed by atoms with van der Waals surface area (Å²) >= 11 is 0. The number of nitro groups is 1. The Morgan fingerprint density at radius 3 is 2.63 bits per heavy atom. The lowest BCUT2D eigenvalue weighted by molar-refractivity contribution is -0.383. The van der Waals surface area contributed by atoms with E-state index in [-0.39, 0.29) is 11.4 Å². The summed E-state index contributed by atoms with van der Waals surface area (Å²) in [5.41, 5.74) is 1.59.